The van der Waals surface area contributed by atoms with Gasteiger partial charge in [-0.1, -0.05) is 12.1 Å². The highest BCUT2D eigenvalue weighted by Crippen LogP contribution is 2.44. The Balaban J connectivity index is 2.01. The summed E-state index contributed by atoms with van der Waals surface area (Å²) < 4.78 is 58.6. The highest BCUT2D eigenvalue weighted by Gasteiger charge is 2.62. The smallest absolute Gasteiger partial charge is 0.438 e. The zero-order valence-electron chi connectivity index (χ0n) is 13.8. The lowest BCUT2D eigenvalue weighted by atomic mass is 10.0. The number of hydrogen-bond acceptors (Lipinski definition) is 7. The van der Waals surface area contributed by atoms with Crippen molar-refractivity contribution in [3.63, 3.8) is 0 Å². The molecule has 27 heavy (non-hydrogen) atoms. The summed E-state index contributed by atoms with van der Waals surface area (Å²) in [4.78, 5) is 15.5. The van der Waals surface area contributed by atoms with Gasteiger partial charge in [0.05, 0.1) is 18.7 Å². The number of nitrogens with zero attached hydrogens (tertiary/aromatic N) is 3. The van der Waals surface area contributed by atoms with E-state index in [0.29, 0.717) is 16.3 Å². The van der Waals surface area contributed by atoms with E-state index in [9.17, 15) is 27.5 Å². The first-order valence-corrected chi connectivity index (χ1v) is 8.59. The third kappa shape index (κ3) is 3.52. The number of ether oxygens (including phenoxy) is 1. The predicted molar refractivity (Wildman–Crippen MR) is 89.1 cm³/mol. The van der Waals surface area contributed by atoms with Crippen LogP contribution in [-0.4, -0.2) is 40.3 Å². The van der Waals surface area contributed by atoms with Crippen molar-refractivity contribution in [3.05, 3.63) is 46.7 Å². The first-order valence-electron chi connectivity index (χ1n) is 7.71. The molecule has 2 aromatic rings. The van der Waals surface area contributed by atoms with Crippen LogP contribution in [0.1, 0.15) is 29.4 Å². The van der Waals surface area contributed by atoms with E-state index in [0.717, 1.165) is 12.1 Å². The molecule has 0 aliphatic carbocycles. The standard InChI is InChI=1S/C16H13F4N3O3S/c1-2-26-13(24)12-8-27-14(21-12)23-15(25,16(18,19)20)7-11(22-23)9-3-5-10(17)6-4-9/h3-6,8,25H,2,7H2,1H3. The molecular weight excluding hydrogens is 390 g/mol. The molecule has 0 spiro atoms. The van der Waals surface area contributed by atoms with Gasteiger partial charge in [-0.15, -0.1) is 11.3 Å². The van der Waals surface area contributed by atoms with Crippen molar-refractivity contribution in [2.45, 2.75) is 25.2 Å². The summed E-state index contributed by atoms with van der Waals surface area (Å²) in [7, 11) is 0. The van der Waals surface area contributed by atoms with Crippen LogP contribution >= 0.6 is 11.3 Å². The molecule has 144 valence electrons. The van der Waals surface area contributed by atoms with Gasteiger partial charge in [-0.3, -0.25) is 0 Å². The number of benzene rings is 1. The molecule has 3 rings (SSSR count). The number of aromatic nitrogens is 1. The largest absolute Gasteiger partial charge is 0.461 e. The Morgan fingerprint density at radius 3 is 2.63 bits per heavy atom. The molecule has 1 N–H and O–H groups in total. The average molecular weight is 403 g/mol. The highest BCUT2D eigenvalue weighted by molar-refractivity contribution is 7.14. The van der Waals surface area contributed by atoms with Crippen LogP contribution in [0.25, 0.3) is 0 Å². The third-order valence-corrected chi connectivity index (χ3v) is 4.59. The molecule has 1 unspecified atom stereocenters. The van der Waals surface area contributed by atoms with E-state index >= 15 is 0 Å². The minimum Gasteiger partial charge on any atom is -0.461 e. The predicted octanol–water partition coefficient (Wildman–Crippen LogP) is 3.32. The molecule has 6 nitrogen and oxygen atoms in total. The second kappa shape index (κ2) is 6.89. The van der Waals surface area contributed by atoms with Gasteiger partial charge in [0.25, 0.3) is 5.72 Å². The molecule has 0 saturated carbocycles. The Hall–Kier alpha value is -2.53. The first kappa shape index (κ1) is 19.2. The van der Waals surface area contributed by atoms with Gasteiger partial charge in [-0.25, -0.2) is 14.2 Å². The maximum Gasteiger partial charge on any atom is 0.438 e. The van der Waals surface area contributed by atoms with Crippen LogP contribution in [0.15, 0.2) is 34.7 Å². The number of carbonyl (C=O) groups excluding carboxylic acids is 1. The molecule has 0 bridgehead atoms. The summed E-state index contributed by atoms with van der Waals surface area (Å²) in [5.41, 5.74) is -3.40. The van der Waals surface area contributed by atoms with Crippen molar-refractivity contribution in [2.24, 2.45) is 5.10 Å². The number of aliphatic hydroxyl groups is 1. The van der Waals surface area contributed by atoms with Gasteiger partial charge in [0.2, 0.25) is 5.13 Å². The average Bonchev–Trinajstić information content (AvgIpc) is 3.20. The van der Waals surface area contributed by atoms with E-state index in [2.05, 4.69) is 10.1 Å². The zero-order valence-corrected chi connectivity index (χ0v) is 14.6. The number of hydrazone groups is 1. The van der Waals surface area contributed by atoms with Crippen LogP contribution in [0.5, 0.6) is 0 Å². The summed E-state index contributed by atoms with van der Waals surface area (Å²) in [5.74, 6) is -1.35. The lowest BCUT2D eigenvalue weighted by Gasteiger charge is -2.32. The maximum atomic E-state index is 13.6. The van der Waals surface area contributed by atoms with Crippen LogP contribution < -0.4 is 5.01 Å². The Labute approximate surface area is 154 Å². The number of esters is 1. The Morgan fingerprint density at radius 2 is 2.04 bits per heavy atom. The van der Waals surface area contributed by atoms with Gasteiger partial charge in [-0.2, -0.15) is 23.3 Å². The van der Waals surface area contributed by atoms with E-state index in [1.165, 1.54) is 17.5 Å². The topological polar surface area (TPSA) is 75.0 Å². The fourth-order valence-electron chi connectivity index (χ4n) is 2.43. The molecule has 1 aliphatic rings. The molecule has 1 aromatic heterocycles. The third-order valence-electron chi connectivity index (χ3n) is 3.77. The lowest BCUT2D eigenvalue weighted by Crippen LogP contribution is -2.55. The van der Waals surface area contributed by atoms with Gasteiger partial charge >= 0.3 is 12.1 Å². The highest BCUT2D eigenvalue weighted by atomic mass is 32.1. The van der Waals surface area contributed by atoms with Crippen LogP contribution in [0.2, 0.25) is 0 Å². The van der Waals surface area contributed by atoms with E-state index in [1.807, 2.05) is 0 Å². The Bertz CT molecular complexity index is 882. The Kier molecular flexibility index (Phi) is 4.91. The Morgan fingerprint density at radius 1 is 1.37 bits per heavy atom. The molecule has 0 fully saturated rings. The molecule has 0 radical (unpaired) electrons. The van der Waals surface area contributed by atoms with Crippen molar-refractivity contribution in [2.75, 3.05) is 11.6 Å². The van der Waals surface area contributed by atoms with Crippen LogP contribution in [-0.2, 0) is 4.74 Å². The van der Waals surface area contributed by atoms with Crippen molar-refractivity contribution in [3.8, 4) is 0 Å². The van der Waals surface area contributed by atoms with Gasteiger partial charge < -0.3 is 9.84 Å². The second-order valence-corrected chi connectivity index (χ2v) is 6.43. The van der Waals surface area contributed by atoms with Crippen molar-refractivity contribution in [1.82, 2.24) is 4.98 Å². The number of halogens is 4. The van der Waals surface area contributed by atoms with Crippen molar-refractivity contribution in [1.29, 1.82) is 0 Å². The summed E-state index contributed by atoms with van der Waals surface area (Å²) in [5, 5.41) is 15.4. The van der Waals surface area contributed by atoms with E-state index < -0.39 is 30.1 Å². The van der Waals surface area contributed by atoms with E-state index in [-0.39, 0.29) is 28.7 Å². The number of thiazole rings is 1. The van der Waals surface area contributed by atoms with Gasteiger partial charge in [0, 0.05) is 5.38 Å². The van der Waals surface area contributed by atoms with Gasteiger partial charge in [0.15, 0.2) is 5.69 Å². The van der Waals surface area contributed by atoms with Crippen molar-refractivity contribution >= 4 is 28.1 Å². The molecular formula is C16H13F4N3O3S. The number of rotatable bonds is 4. The molecule has 11 heteroatoms. The normalized spacial score (nSPS) is 19.9. The molecule has 1 aliphatic heterocycles. The van der Waals surface area contributed by atoms with Crippen LogP contribution in [0.4, 0.5) is 22.7 Å². The SMILES string of the molecule is CCOC(=O)c1csc(N2N=C(c3ccc(F)cc3)CC2(O)C(F)(F)F)n1. The van der Waals surface area contributed by atoms with Crippen LogP contribution in [0, 0.1) is 5.82 Å². The first-order chi connectivity index (χ1) is 12.7. The minimum atomic E-state index is -5.06. The lowest BCUT2D eigenvalue weighted by molar-refractivity contribution is -0.254. The second-order valence-electron chi connectivity index (χ2n) is 5.59. The number of hydrogen-bond donors (Lipinski definition) is 1. The summed E-state index contributed by atoms with van der Waals surface area (Å²) in [6, 6.07) is 4.69. The molecule has 1 atom stereocenters. The number of anilines is 1. The van der Waals surface area contributed by atoms with Crippen LogP contribution in [0.3, 0.4) is 0 Å². The minimum absolute atomic E-state index is 0.0781. The fourth-order valence-corrected chi connectivity index (χ4v) is 3.24. The van der Waals surface area contributed by atoms with Gasteiger partial charge in [0.1, 0.15) is 5.82 Å². The fraction of sp³-hybridized carbons (Fsp3) is 0.312. The zero-order chi connectivity index (χ0) is 19.8. The molecule has 0 amide bonds. The van der Waals surface area contributed by atoms with E-state index in [4.69, 9.17) is 4.74 Å². The molecule has 2 heterocycles. The monoisotopic (exact) mass is 403 g/mol. The quantitative estimate of drug-likeness (QED) is 0.626. The summed E-state index contributed by atoms with van der Waals surface area (Å²) >= 11 is 0.706. The molecule has 1 aromatic carbocycles. The maximum absolute atomic E-state index is 13.6. The summed E-state index contributed by atoms with van der Waals surface area (Å²) in [6.07, 6.45) is -5.94. The van der Waals surface area contributed by atoms with Crippen molar-refractivity contribution < 1.29 is 32.2 Å². The molecule has 0 saturated heterocycles. The summed E-state index contributed by atoms with van der Waals surface area (Å²) in [6.45, 7) is 1.65. The number of alkyl halides is 3. The number of carbonyl (C=O) groups is 1. The van der Waals surface area contributed by atoms with E-state index in [1.54, 1.807) is 6.92 Å². The van der Waals surface area contributed by atoms with Gasteiger partial charge in [-0.05, 0) is 24.6 Å².